The van der Waals surface area contributed by atoms with E-state index < -0.39 is 12.0 Å². The zero-order chi connectivity index (χ0) is 15.4. The van der Waals surface area contributed by atoms with Gasteiger partial charge in [0.15, 0.2) is 0 Å². The van der Waals surface area contributed by atoms with Crippen LogP contribution in [0.4, 0.5) is 4.79 Å². The summed E-state index contributed by atoms with van der Waals surface area (Å²) in [4.78, 5) is 27.9. The van der Waals surface area contributed by atoms with Crippen molar-refractivity contribution in [2.75, 3.05) is 26.2 Å². The number of carboxylic acids is 1. The Hall–Kier alpha value is -1.30. The van der Waals surface area contributed by atoms with Crippen LogP contribution < -0.4 is 5.32 Å². The van der Waals surface area contributed by atoms with Gasteiger partial charge in [-0.2, -0.15) is 0 Å². The Balaban J connectivity index is 1.92. The number of nitrogens with zero attached hydrogens (tertiary/aromatic N) is 2. The van der Waals surface area contributed by atoms with E-state index in [4.69, 9.17) is 0 Å². The maximum atomic E-state index is 12.3. The molecule has 2 rings (SSSR count). The molecule has 2 fully saturated rings. The van der Waals surface area contributed by atoms with Gasteiger partial charge in [-0.15, -0.1) is 0 Å². The zero-order valence-electron chi connectivity index (χ0n) is 13.0. The molecule has 0 bridgehead atoms. The smallest absolute Gasteiger partial charge is 0.326 e. The number of carboxylic acid groups (broad SMARTS) is 1. The van der Waals surface area contributed by atoms with Gasteiger partial charge in [0.05, 0.1) is 0 Å². The van der Waals surface area contributed by atoms with E-state index in [0.29, 0.717) is 12.6 Å². The van der Waals surface area contributed by atoms with Gasteiger partial charge in [0.2, 0.25) is 0 Å². The second-order valence-electron chi connectivity index (χ2n) is 6.28. The van der Waals surface area contributed by atoms with Crippen molar-refractivity contribution >= 4 is 12.0 Å². The molecule has 6 heteroatoms. The maximum Gasteiger partial charge on any atom is 0.326 e. The van der Waals surface area contributed by atoms with Gasteiger partial charge >= 0.3 is 12.0 Å². The first-order chi connectivity index (χ1) is 10.0. The molecule has 2 N–H and O–H groups in total. The van der Waals surface area contributed by atoms with Crippen LogP contribution in [0.1, 0.15) is 39.5 Å². The second-order valence-corrected chi connectivity index (χ2v) is 6.28. The average molecular weight is 297 g/mol. The normalized spacial score (nSPS) is 25.8. The highest BCUT2D eigenvalue weighted by Crippen LogP contribution is 2.21. The van der Waals surface area contributed by atoms with Gasteiger partial charge in [0.1, 0.15) is 6.04 Å². The predicted octanol–water partition coefficient (Wildman–Crippen LogP) is 1.37. The van der Waals surface area contributed by atoms with E-state index in [0.717, 1.165) is 32.5 Å². The molecular weight excluding hydrogens is 270 g/mol. The molecule has 2 aliphatic heterocycles. The fraction of sp³-hybridized carbons (Fsp3) is 0.867. The van der Waals surface area contributed by atoms with Crippen molar-refractivity contribution in [2.24, 2.45) is 5.92 Å². The average Bonchev–Trinajstić information content (AvgIpc) is 2.50. The van der Waals surface area contributed by atoms with E-state index in [9.17, 15) is 14.7 Å². The third-order valence-electron chi connectivity index (χ3n) is 4.88. The molecular formula is C15H27N3O3. The van der Waals surface area contributed by atoms with Crippen LogP contribution in [-0.4, -0.2) is 65.2 Å². The number of rotatable bonds is 4. The zero-order valence-corrected chi connectivity index (χ0v) is 13.0. The number of piperazine rings is 1. The highest BCUT2D eigenvalue weighted by atomic mass is 16.4. The van der Waals surface area contributed by atoms with Gasteiger partial charge in [-0.1, -0.05) is 26.7 Å². The summed E-state index contributed by atoms with van der Waals surface area (Å²) in [5.41, 5.74) is 0. The topological polar surface area (TPSA) is 72.9 Å². The predicted molar refractivity (Wildman–Crippen MR) is 80.2 cm³/mol. The van der Waals surface area contributed by atoms with Crippen LogP contribution in [0.15, 0.2) is 0 Å². The number of fused-ring (bicyclic) bond motifs is 1. The Morgan fingerprint density at radius 1 is 1.29 bits per heavy atom. The molecule has 0 radical (unpaired) electrons. The number of carbonyl (C=O) groups excluding carboxylic acids is 1. The molecule has 120 valence electrons. The molecule has 3 unspecified atom stereocenters. The Morgan fingerprint density at radius 3 is 2.71 bits per heavy atom. The first-order valence-electron chi connectivity index (χ1n) is 8.05. The number of amides is 2. The van der Waals surface area contributed by atoms with Gasteiger partial charge in [0.25, 0.3) is 0 Å². The third-order valence-corrected chi connectivity index (χ3v) is 4.88. The van der Waals surface area contributed by atoms with E-state index in [1.54, 1.807) is 4.90 Å². The molecule has 2 amide bonds. The van der Waals surface area contributed by atoms with Crippen LogP contribution in [-0.2, 0) is 4.79 Å². The Kier molecular flexibility index (Phi) is 5.45. The summed E-state index contributed by atoms with van der Waals surface area (Å²) in [6.07, 6.45) is 4.34. The van der Waals surface area contributed by atoms with Gasteiger partial charge in [-0.05, 0) is 25.3 Å². The van der Waals surface area contributed by atoms with Crippen molar-refractivity contribution < 1.29 is 14.7 Å². The lowest BCUT2D eigenvalue weighted by molar-refractivity contribution is -0.140. The van der Waals surface area contributed by atoms with Crippen molar-refractivity contribution in [2.45, 2.75) is 51.6 Å². The van der Waals surface area contributed by atoms with E-state index >= 15 is 0 Å². The number of aliphatic carboxylic acids is 1. The number of nitrogens with one attached hydrogen (secondary N) is 1. The summed E-state index contributed by atoms with van der Waals surface area (Å²) in [7, 11) is 0. The Labute approximate surface area is 126 Å². The lowest BCUT2D eigenvalue weighted by atomic mass is 9.98. The molecule has 0 aromatic carbocycles. The molecule has 0 aliphatic carbocycles. The maximum absolute atomic E-state index is 12.3. The molecule has 2 aliphatic rings. The van der Waals surface area contributed by atoms with Crippen molar-refractivity contribution in [3.63, 3.8) is 0 Å². The standard InChI is InChI=1S/C15H27N3O3/c1-3-11(2)13(14(19)20)16-15(21)18-9-8-17-7-5-4-6-12(17)10-18/h11-13H,3-10H2,1-2H3,(H,16,21)(H,19,20). The van der Waals surface area contributed by atoms with E-state index in [2.05, 4.69) is 10.2 Å². The molecule has 0 aromatic rings. The molecule has 21 heavy (non-hydrogen) atoms. The van der Waals surface area contributed by atoms with Gasteiger partial charge in [-0.3, -0.25) is 4.90 Å². The first kappa shape index (κ1) is 16.1. The molecule has 3 atom stereocenters. The van der Waals surface area contributed by atoms with Crippen LogP contribution in [0.2, 0.25) is 0 Å². The first-order valence-corrected chi connectivity index (χ1v) is 8.05. The van der Waals surface area contributed by atoms with Crippen molar-refractivity contribution in [1.82, 2.24) is 15.1 Å². The summed E-state index contributed by atoms with van der Waals surface area (Å²) in [6, 6.07) is -0.579. The van der Waals surface area contributed by atoms with E-state index in [-0.39, 0.29) is 11.9 Å². The van der Waals surface area contributed by atoms with Crippen molar-refractivity contribution in [3.05, 3.63) is 0 Å². The van der Waals surface area contributed by atoms with Crippen LogP contribution in [0.5, 0.6) is 0 Å². The summed E-state index contributed by atoms with van der Waals surface area (Å²) >= 11 is 0. The third kappa shape index (κ3) is 3.87. The highest BCUT2D eigenvalue weighted by molar-refractivity contribution is 5.82. The van der Waals surface area contributed by atoms with Gasteiger partial charge in [0, 0.05) is 25.7 Å². The summed E-state index contributed by atoms with van der Waals surface area (Å²) < 4.78 is 0. The number of carbonyl (C=O) groups is 2. The van der Waals surface area contributed by atoms with Crippen LogP contribution in [0.25, 0.3) is 0 Å². The minimum Gasteiger partial charge on any atom is -0.480 e. The largest absolute Gasteiger partial charge is 0.480 e. The number of hydrogen-bond donors (Lipinski definition) is 2. The molecule has 6 nitrogen and oxygen atoms in total. The lowest BCUT2D eigenvalue weighted by Crippen LogP contribution is -2.59. The SMILES string of the molecule is CCC(C)C(NC(=O)N1CCN2CCCCC2C1)C(=O)O. The lowest BCUT2D eigenvalue weighted by Gasteiger charge is -2.44. The van der Waals surface area contributed by atoms with E-state index in [1.807, 2.05) is 13.8 Å². The van der Waals surface area contributed by atoms with E-state index in [1.165, 1.54) is 12.8 Å². The minimum atomic E-state index is -0.950. The van der Waals surface area contributed by atoms with Gasteiger partial charge < -0.3 is 15.3 Å². The van der Waals surface area contributed by atoms with Crippen LogP contribution in [0, 0.1) is 5.92 Å². The summed E-state index contributed by atoms with van der Waals surface area (Å²) in [5.74, 6) is -1.02. The summed E-state index contributed by atoms with van der Waals surface area (Å²) in [5, 5.41) is 12.0. The fourth-order valence-electron chi connectivity index (χ4n) is 3.25. The quantitative estimate of drug-likeness (QED) is 0.822. The molecule has 2 heterocycles. The fourth-order valence-corrected chi connectivity index (χ4v) is 3.25. The Bertz CT molecular complexity index is 388. The Morgan fingerprint density at radius 2 is 2.05 bits per heavy atom. The second kappa shape index (κ2) is 7.11. The van der Waals surface area contributed by atoms with Crippen molar-refractivity contribution in [1.29, 1.82) is 0 Å². The summed E-state index contributed by atoms with van der Waals surface area (Å²) in [6.45, 7) is 7.24. The molecule has 2 saturated heterocycles. The monoisotopic (exact) mass is 297 g/mol. The minimum absolute atomic E-state index is 0.0672. The van der Waals surface area contributed by atoms with Crippen molar-refractivity contribution in [3.8, 4) is 0 Å². The number of urea groups is 1. The van der Waals surface area contributed by atoms with Gasteiger partial charge in [-0.25, -0.2) is 9.59 Å². The molecule has 0 saturated carbocycles. The molecule has 0 spiro atoms. The van der Waals surface area contributed by atoms with Crippen LogP contribution in [0.3, 0.4) is 0 Å². The highest BCUT2D eigenvalue weighted by Gasteiger charge is 2.33. The number of hydrogen-bond acceptors (Lipinski definition) is 3. The van der Waals surface area contributed by atoms with Crippen LogP contribution >= 0.6 is 0 Å². The number of piperidine rings is 1. The molecule has 0 aromatic heterocycles.